The lowest BCUT2D eigenvalue weighted by Gasteiger charge is -2.49. The minimum absolute atomic E-state index is 0.178. The normalized spacial score (nSPS) is 17.6. The molecule has 0 aliphatic carbocycles. The molecule has 2 aromatic rings. The number of benzene rings is 1. The number of nitrogens with zero attached hydrogens (tertiary/aromatic N) is 4. The van der Waals surface area contributed by atoms with Gasteiger partial charge in [-0.1, -0.05) is 29.8 Å². The molecule has 3 heterocycles. The first-order valence-electron chi connectivity index (χ1n) is 11.6. The molecule has 1 aromatic carbocycles. The fourth-order valence-corrected chi connectivity index (χ4v) is 5.20. The molecule has 0 amide bonds. The van der Waals surface area contributed by atoms with Crippen molar-refractivity contribution >= 4 is 22.0 Å². The van der Waals surface area contributed by atoms with E-state index in [4.69, 9.17) is 24.8 Å². The van der Waals surface area contributed by atoms with Gasteiger partial charge in [-0.15, -0.1) is 0 Å². The third kappa shape index (κ3) is 7.94. The smallest absolute Gasteiger partial charge is 0.475 e. The van der Waals surface area contributed by atoms with Gasteiger partial charge < -0.3 is 14.8 Å². The van der Waals surface area contributed by atoms with Crippen molar-refractivity contribution in [3.8, 4) is 11.3 Å². The van der Waals surface area contributed by atoms with Gasteiger partial charge in [0.05, 0.1) is 23.7 Å². The van der Waals surface area contributed by atoms with Crippen LogP contribution in [-0.2, 0) is 31.7 Å². The van der Waals surface area contributed by atoms with Crippen LogP contribution < -0.4 is 0 Å². The minimum Gasteiger partial charge on any atom is -0.475 e. The maximum Gasteiger partial charge on any atom is 0.490 e. The molecule has 4 rings (SSSR count). The van der Waals surface area contributed by atoms with E-state index in [9.17, 15) is 34.8 Å². The lowest BCUT2D eigenvalue weighted by atomic mass is 9.84. The molecular formula is C23H28F6N4O6S. The van der Waals surface area contributed by atoms with Crippen LogP contribution in [0.3, 0.4) is 0 Å². The van der Waals surface area contributed by atoms with Crippen molar-refractivity contribution < 1.29 is 54.6 Å². The number of carboxylic acid groups (broad SMARTS) is 2. The van der Waals surface area contributed by atoms with E-state index in [0.29, 0.717) is 13.1 Å². The molecule has 0 unspecified atom stereocenters. The molecule has 1 aromatic heterocycles. The van der Waals surface area contributed by atoms with E-state index in [1.165, 1.54) is 17.4 Å². The second kappa shape index (κ2) is 12.1. The molecule has 0 bridgehead atoms. The largest absolute Gasteiger partial charge is 0.490 e. The Labute approximate surface area is 225 Å². The summed E-state index contributed by atoms with van der Waals surface area (Å²) in [6, 6.07) is 8.56. The maximum atomic E-state index is 11.9. The van der Waals surface area contributed by atoms with Crippen LogP contribution in [0.2, 0.25) is 0 Å². The quantitative estimate of drug-likeness (QED) is 0.501. The molecule has 0 atom stereocenters. The van der Waals surface area contributed by atoms with Crippen molar-refractivity contribution in [1.29, 1.82) is 0 Å². The summed E-state index contributed by atoms with van der Waals surface area (Å²) >= 11 is 0. The van der Waals surface area contributed by atoms with E-state index in [2.05, 4.69) is 47.7 Å². The Morgan fingerprint density at radius 3 is 1.75 bits per heavy atom. The molecule has 2 aliphatic heterocycles. The van der Waals surface area contributed by atoms with Crippen LogP contribution >= 0.6 is 0 Å². The Morgan fingerprint density at radius 1 is 0.900 bits per heavy atom. The first-order valence-corrected chi connectivity index (χ1v) is 13.4. The maximum absolute atomic E-state index is 11.9. The predicted octanol–water partition coefficient (Wildman–Crippen LogP) is 3.32. The molecular weight excluding hydrogens is 574 g/mol. The molecule has 2 aliphatic rings. The Kier molecular flexibility index (Phi) is 10.0. The number of carbonyl (C=O) groups is 2. The number of sulfonamides is 1. The second-order valence-corrected chi connectivity index (χ2v) is 11.2. The van der Waals surface area contributed by atoms with Gasteiger partial charge in [-0.3, -0.25) is 4.90 Å². The third-order valence-electron chi connectivity index (χ3n) is 6.51. The van der Waals surface area contributed by atoms with E-state index in [0.717, 1.165) is 37.4 Å². The SMILES string of the molecule is Cc1ccc(-c2cnc3n2CCN(C)C32CCN(S(C)(=O)=O)CC2)cc1.O=C(O)C(F)(F)F.O=C(O)C(F)(F)F. The highest BCUT2D eigenvalue weighted by molar-refractivity contribution is 7.88. The average molecular weight is 603 g/mol. The van der Waals surface area contributed by atoms with Crippen molar-refractivity contribution in [3.63, 3.8) is 0 Å². The number of rotatable bonds is 2. The third-order valence-corrected chi connectivity index (χ3v) is 7.82. The number of imidazole rings is 1. The number of hydrogen-bond acceptors (Lipinski definition) is 6. The van der Waals surface area contributed by atoms with Crippen molar-refractivity contribution in [2.75, 3.05) is 32.9 Å². The van der Waals surface area contributed by atoms with Gasteiger partial charge in [0.2, 0.25) is 10.0 Å². The van der Waals surface area contributed by atoms with E-state index in [1.54, 1.807) is 4.31 Å². The highest BCUT2D eigenvalue weighted by Crippen LogP contribution is 2.41. The molecule has 224 valence electrons. The zero-order chi connectivity index (χ0) is 30.7. The fraction of sp³-hybridized carbons (Fsp3) is 0.522. The Balaban J connectivity index is 0.000000333. The highest BCUT2D eigenvalue weighted by Gasteiger charge is 2.46. The van der Waals surface area contributed by atoms with Gasteiger partial charge in [-0.2, -0.15) is 26.3 Å². The van der Waals surface area contributed by atoms with Crippen LogP contribution in [0.5, 0.6) is 0 Å². The highest BCUT2D eigenvalue weighted by atomic mass is 32.2. The summed E-state index contributed by atoms with van der Waals surface area (Å²) in [6.45, 7) is 5.05. The second-order valence-electron chi connectivity index (χ2n) is 9.21. The van der Waals surface area contributed by atoms with Crippen molar-refractivity contribution in [2.45, 2.75) is 44.2 Å². The summed E-state index contributed by atoms with van der Waals surface area (Å²) < 4.78 is 91.2. The van der Waals surface area contributed by atoms with Gasteiger partial charge in [0, 0.05) is 26.2 Å². The van der Waals surface area contributed by atoms with Crippen LogP contribution in [0.4, 0.5) is 26.3 Å². The summed E-state index contributed by atoms with van der Waals surface area (Å²) in [5.41, 5.74) is 3.40. The molecule has 1 spiro atoms. The Hall–Kier alpha value is -3.18. The molecule has 0 radical (unpaired) electrons. The number of aromatic nitrogens is 2. The molecule has 1 fully saturated rings. The van der Waals surface area contributed by atoms with Crippen LogP contribution in [-0.4, -0.2) is 94.6 Å². The van der Waals surface area contributed by atoms with Crippen LogP contribution in [0.15, 0.2) is 30.5 Å². The first kappa shape index (κ1) is 33.0. The average Bonchev–Trinajstić information content (AvgIpc) is 3.27. The number of hydrogen-bond donors (Lipinski definition) is 2. The van der Waals surface area contributed by atoms with Crippen molar-refractivity contribution in [2.24, 2.45) is 0 Å². The van der Waals surface area contributed by atoms with Gasteiger partial charge in [0.1, 0.15) is 5.82 Å². The molecule has 2 N–H and O–H groups in total. The Bertz CT molecular complexity index is 1280. The van der Waals surface area contributed by atoms with Crippen LogP contribution in [0.1, 0.15) is 24.2 Å². The molecule has 0 saturated carbocycles. The zero-order valence-corrected chi connectivity index (χ0v) is 22.4. The lowest BCUT2D eigenvalue weighted by molar-refractivity contribution is -0.193. The monoisotopic (exact) mass is 602 g/mol. The van der Waals surface area contributed by atoms with E-state index < -0.39 is 34.3 Å². The Morgan fingerprint density at radius 2 is 1.35 bits per heavy atom. The summed E-state index contributed by atoms with van der Waals surface area (Å²) in [5.74, 6) is -4.44. The van der Waals surface area contributed by atoms with E-state index >= 15 is 0 Å². The number of likely N-dealkylation sites (N-methyl/N-ethyl adjacent to an activating group) is 1. The number of alkyl halides is 6. The first-order chi connectivity index (χ1) is 18.2. The summed E-state index contributed by atoms with van der Waals surface area (Å²) in [7, 11) is -0.992. The van der Waals surface area contributed by atoms with Crippen LogP contribution in [0, 0.1) is 6.92 Å². The van der Waals surface area contributed by atoms with E-state index in [-0.39, 0.29) is 5.54 Å². The number of fused-ring (bicyclic) bond motifs is 2. The molecule has 10 nitrogen and oxygen atoms in total. The summed E-state index contributed by atoms with van der Waals surface area (Å²) in [6.07, 6.45) is -5.34. The number of piperidine rings is 1. The van der Waals surface area contributed by atoms with E-state index in [1.807, 2.05) is 6.20 Å². The zero-order valence-electron chi connectivity index (χ0n) is 21.6. The summed E-state index contributed by atoms with van der Waals surface area (Å²) in [4.78, 5) is 25.0. The van der Waals surface area contributed by atoms with Gasteiger partial charge in [0.25, 0.3) is 0 Å². The van der Waals surface area contributed by atoms with Gasteiger partial charge in [0.15, 0.2) is 0 Å². The number of halogens is 6. The lowest BCUT2D eigenvalue weighted by Crippen LogP contribution is -2.56. The van der Waals surface area contributed by atoms with Gasteiger partial charge in [-0.25, -0.2) is 27.3 Å². The number of carboxylic acids is 2. The van der Waals surface area contributed by atoms with Gasteiger partial charge >= 0.3 is 24.3 Å². The standard InChI is InChI=1S/C19H26N4O2S.2C2HF3O2/c1-15-4-6-16(7-5-15)17-14-20-18-19(21(2)12-13-23(17)18)8-10-22(11-9-19)26(3,24)25;2*3-2(4,5)1(6)7/h4-7,14H,8-13H2,1-3H3;2*(H,6,7). The number of aryl methyl sites for hydroxylation is 1. The number of aliphatic carboxylic acids is 2. The minimum atomic E-state index is -5.08. The van der Waals surface area contributed by atoms with Gasteiger partial charge in [-0.05, 0) is 32.4 Å². The fourth-order valence-electron chi connectivity index (χ4n) is 4.36. The van der Waals surface area contributed by atoms with Crippen molar-refractivity contribution in [1.82, 2.24) is 18.8 Å². The molecule has 1 saturated heterocycles. The topological polar surface area (TPSA) is 133 Å². The summed E-state index contributed by atoms with van der Waals surface area (Å²) in [5, 5.41) is 14.2. The van der Waals surface area contributed by atoms with Crippen LogP contribution in [0.25, 0.3) is 11.3 Å². The predicted molar refractivity (Wildman–Crippen MR) is 130 cm³/mol. The van der Waals surface area contributed by atoms with Crippen molar-refractivity contribution in [3.05, 3.63) is 41.9 Å². The molecule has 17 heteroatoms. The molecule has 40 heavy (non-hydrogen) atoms.